The van der Waals surface area contributed by atoms with Crippen LogP contribution in [0.5, 0.6) is 5.75 Å². The van der Waals surface area contributed by atoms with Gasteiger partial charge in [0, 0.05) is 0 Å². The Hall–Kier alpha value is -2.15. The third-order valence-corrected chi connectivity index (χ3v) is 3.50. The molecule has 1 aromatic carbocycles. The molecule has 2 N–H and O–H groups in total. The molecule has 0 saturated carbocycles. The summed E-state index contributed by atoms with van der Waals surface area (Å²) in [5, 5.41) is 18.7. The second kappa shape index (κ2) is 3.95. The highest BCUT2D eigenvalue weighted by atomic mass is 32.1. The van der Waals surface area contributed by atoms with Crippen molar-refractivity contribution in [3.8, 4) is 5.75 Å². The quantitative estimate of drug-likeness (QED) is 0.851. The molecule has 0 fully saturated rings. The zero-order chi connectivity index (χ0) is 12.7. The number of aliphatic carboxylic acids is 1. The number of ether oxygens (including phenoxy) is 1. The SMILES string of the molecule is O=C(O)[C@H]1COC(c2nc3ccc(O)cc3s2)=N1. The summed E-state index contributed by atoms with van der Waals surface area (Å²) < 4.78 is 6.03. The third kappa shape index (κ3) is 1.78. The Bertz CT molecular complexity index is 664. The summed E-state index contributed by atoms with van der Waals surface area (Å²) in [5.74, 6) is -0.595. The Labute approximate surface area is 105 Å². The van der Waals surface area contributed by atoms with Gasteiger partial charge in [-0.25, -0.2) is 14.8 Å². The van der Waals surface area contributed by atoms with Crippen molar-refractivity contribution in [3.05, 3.63) is 23.2 Å². The monoisotopic (exact) mass is 264 g/mol. The first-order valence-electron chi connectivity index (χ1n) is 5.17. The molecule has 3 rings (SSSR count). The maximum Gasteiger partial charge on any atom is 0.332 e. The number of phenolic OH excluding ortho intramolecular Hbond substituents is 1. The molecule has 0 radical (unpaired) electrons. The van der Waals surface area contributed by atoms with Crippen LogP contribution in [-0.2, 0) is 9.53 Å². The first-order chi connectivity index (χ1) is 8.63. The van der Waals surface area contributed by atoms with Crippen molar-refractivity contribution >= 4 is 33.4 Å². The van der Waals surface area contributed by atoms with E-state index >= 15 is 0 Å². The van der Waals surface area contributed by atoms with Gasteiger partial charge in [-0.2, -0.15) is 0 Å². The van der Waals surface area contributed by atoms with Crippen molar-refractivity contribution in [1.29, 1.82) is 0 Å². The molecule has 0 unspecified atom stereocenters. The fraction of sp³-hybridized carbons (Fsp3) is 0.182. The van der Waals surface area contributed by atoms with Gasteiger partial charge < -0.3 is 14.9 Å². The number of aromatic hydroxyl groups is 1. The van der Waals surface area contributed by atoms with Crippen LogP contribution in [0.4, 0.5) is 0 Å². The number of carboxylic acids is 1. The Morgan fingerprint density at radius 3 is 3.06 bits per heavy atom. The maximum atomic E-state index is 10.8. The van der Waals surface area contributed by atoms with Crippen LogP contribution in [0.3, 0.4) is 0 Å². The van der Waals surface area contributed by atoms with E-state index in [1.807, 2.05) is 0 Å². The van der Waals surface area contributed by atoms with Crippen LogP contribution in [0, 0.1) is 0 Å². The van der Waals surface area contributed by atoms with Gasteiger partial charge in [-0.15, -0.1) is 11.3 Å². The van der Waals surface area contributed by atoms with Gasteiger partial charge in [0.15, 0.2) is 11.0 Å². The number of fused-ring (bicyclic) bond motifs is 1. The number of aliphatic imine (C=N–C) groups is 1. The lowest BCUT2D eigenvalue weighted by Crippen LogP contribution is -2.18. The minimum atomic E-state index is -1.01. The van der Waals surface area contributed by atoms with E-state index in [9.17, 15) is 9.90 Å². The van der Waals surface area contributed by atoms with E-state index in [1.54, 1.807) is 18.2 Å². The molecule has 2 aromatic rings. The van der Waals surface area contributed by atoms with E-state index in [0.717, 1.165) is 10.2 Å². The van der Waals surface area contributed by atoms with E-state index in [0.29, 0.717) is 5.01 Å². The summed E-state index contributed by atoms with van der Waals surface area (Å²) in [7, 11) is 0. The number of thiazole rings is 1. The van der Waals surface area contributed by atoms with Crippen LogP contribution in [0.1, 0.15) is 5.01 Å². The van der Waals surface area contributed by atoms with E-state index in [2.05, 4.69) is 9.98 Å². The van der Waals surface area contributed by atoms with E-state index in [4.69, 9.17) is 9.84 Å². The van der Waals surface area contributed by atoms with Gasteiger partial charge in [-0.1, -0.05) is 0 Å². The van der Waals surface area contributed by atoms with E-state index in [-0.39, 0.29) is 18.3 Å². The standard InChI is InChI=1S/C11H8N2O4S/c14-5-1-2-6-8(3-5)18-10(13-6)9-12-7(4-17-9)11(15)16/h1-3,7,14H,4H2,(H,15,16)/t7-/m1/s1. The van der Waals surface area contributed by atoms with Crippen LogP contribution in [-0.4, -0.2) is 39.7 Å². The third-order valence-electron chi connectivity index (χ3n) is 2.49. The fourth-order valence-corrected chi connectivity index (χ4v) is 2.57. The zero-order valence-corrected chi connectivity index (χ0v) is 9.85. The molecule has 92 valence electrons. The second-order valence-corrected chi connectivity index (χ2v) is 4.80. The van der Waals surface area contributed by atoms with Crippen LogP contribution in [0.15, 0.2) is 23.2 Å². The number of aromatic nitrogens is 1. The van der Waals surface area contributed by atoms with Crippen LogP contribution < -0.4 is 0 Å². The average molecular weight is 264 g/mol. The van der Waals surface area contributed by atoms with Crippen molar-refractivity contribution < 1.29 is 19.7 Å². The number of carboxylic acid groups (broad SMARTS) is 1. The number of nitrogens with zero attached hydrogens (tertiary/aromatic N) is 2. The molecule has 1 aliphatic heterocycles. The lowest BCUT2D eigenvalue weighted by atomic mass is 10.3. The molecule has 6 nitrogen and oxygen atoms in total. The molecule has 1 aliphatic rings. The molecule has 1 atom stereocenters. The van der Waals surface area contributed by atoms with Gasteiger partial charge in [0.2, 0.25) is 5.90 Å². The molecular formula is C11H8N2O4S. The largest absolute Gasteiger partial charge is 0.508 e. The van der Waals surface area contributed by atoms with E-state index in [1.165, 1.54) is 11.3 Å². The van der Waals surface area contributed by atoms with Gasteiger partial charge in [-0.05, 0) is 18.2 Å². The predicted octanol–water partition coefficient (Wildman–Crippen LogP) is 1.23. The van der Waals surface area contributed by atoms with Crippen molar-refractivity contribution in [3.63, 3.8) is 0 Å². The van der Waals surface area contributed by atoms with Crippen molar-refractivity contribution in [1.82, 2.24) is 4.98 Å². The van der Waals surface area contributed by atoms with Crippen molar-refractivity contribution in [2.75, 3.05) is 6.61 Å². The van der Waals surface area contributed by atoms with Gasteiger partial charge in [-0.3, -0.25) is 0 Å². The molecule has 0 spiro atoms. The molecule has 2 heterocycles. The van der Waals surface area contributed by atoms with Crippen LogP contribution in [0.2, 0.25) is 0 Å². The summed E-state index contributed by atoms with van der Waals surface area (Å²) in [5.41, 5.74) is 0.720. The van der Waals surface area contributed by atoms with Gasteiger partial charge >= 0.3 is 5.97 Å². The summed E-state index contributed by atoms with van der Waals surface area (Å²) >= 11 is 1.30. The molecule has 7 heteroatoms. The molecule has 0 amide bonds. The molecule has 1 aromatic heterocycles. The Morgan fingerprint density at radius 1 is 1.50 bits per heavy atom. The number of carbonyl (C=O) groups is 1. The van der Waals surface area contributed by atoms with Crippen molar-refractivity contribution in [2.24, 2.45) is 4.99 Å². The topological polar surface area (TPSA) is 92.0 Å². The molecule has 0 bridgehead atoms. The van der Waals surface area contributed by atoms with Gasteiger partial charge in [0.1, 0.15) is 12.4 Å². The van der Waals surface area contributed by atoms with Crippen LogP contribution >= 0.6 is 11.3 Å². The molecule has 18 heavy (non-hydrogen) atoms. The second-order valence-electron chi connectivity index (χ2n) is 3.77. The predicted molar refractivity (Wildman–Crippen MR) is 65.2 cm³/mol. The lowest BCUT2D eigenvalue weighted by molar-refractivity contribution is -0.138. The minimum Gasteiger partial charge on any atom is -0.508 e. The Balaban J connectivity index is 2.00. The molecule has 0 saturated heterocycles. The zero-order valence-electron chi connectivity index (χ0n) is 9.03. The van der Waals surface area contributed by atoms with Crippen LogP contribution in [0.25, 0.3) is 10.2 Å². The summed E-state index contributed by atoms with van der Waals surface area (Å²) in [6.07, 6.45) is 0. The normalized spacial score (nSPS) is 18.7. The summed E-state index contributed by atoms with van der Waals surface area (Å²) in [6, 6.07) is 3.97. The maximum absolute atomic E-state index is 10.8. The number of hydrogen-bond acceptors (Lipinski definition) is 6. The summed E-state index contributed by atoms with van der Waals surface area (Å²) in [4.78, 5) is 19.0. The smallest absolute Gasteiger partial charge is 0.332 e. The van der Waals surface area contributed by atoms with Gasteiger partial charge in [0.05, 0.1) is 10.2 Å². The molecule has 0 aliphatic carbocycles. The number of phenols is 1. The number of benzene rings is 1. The molecular weight excluding hydrogens is 256 g/mol. The lowest BCUT2D eigenvalue weighted by Gasteiger charge is -1.95. The fourth-order valence-electron chi connectivity index (χ4n) is 1.62. The highest BCUT2D eigenvalue weighted by Crippen LogP contribution is 2.27. The average Bonchev–Trinajstić information content (AvgIpc) is 2.93. The first kappa shape index (κ1) is 11.0. The number of rotatable bonds is 2. The number of hydrogen-bond donors (Lipinski definition) is 2. The van der Waals surface area contributed by atoms with Gasteiger partial charge in [0.25, 0.3) is 0 Å². The highest BCUT2D eigenvalue weighted by Gasteiger charge is 2.27. The highest BCUT2D eigenvalue weighted by molar-refractivity contribution is 7.20. The van der Waals surface area contributed by atoms with Crippen molar-refractivity contribution in [2.45, 2.75) is 6.04 Å². The van der Waals surface area contributed by atoms with E-state index < -0.39 is 12.0 Å². The Kier molecular flexibility index (Phi) is 2.41. The summed E-state index contributed by atoms with van der Waals surface area (Å²) in [6.45, 7) is 0.0336. The Morgan fingerprint density at radius 2 is 2.33 bits per heavy atom. The first-order valence-corrected chi connectivity index (χ1v) is 5.98. The minimum absolute atomic E-state index is 0.0336.